The van der Waals surface area contributed by atoms with E-state index in [1.807, 2.05) is 61.3 Å². The van der Waals surface area contributed by atoms with E-state index in [4.69, 9.17) is 9.15 Å². The molecule has 0 saturated heterocycles. The van der Waals surface area contributed by atoms with Gasteiger partial charge in [0.1, 0.15) is 5.58 Å². The van der Waals surface area contributed by atoms with Crippen LogP contribution in [0, 0.1) is 6.92 Å². The summed E-state index contributed by atoms with van der Waals surface area (Å²) in [6.45, 7) is 2.02. The number of fused-ring (bicyclic) bond motifs is 1. The highest BCUT2D eigenvalue weighted by Crippen LogP contribution is 2.25. The van der Waals surface area contributed by atoms with Crippen molar-refractivity contribution in [2.45, 2.75) is 13.3 Å². The molecule has 4 rings (SSSR count). The molecule has 0 amide bonds. The quantitative estimate of drug-likeness (QED) is 0.130. The zero-order chi connectivity index (χ0) is 25.5. The Morgan fingerprint density at radius 2 is 1.61 bits per heavy atom. The number of anilines is 1. The Morgan fingerprint density at radius 3 is 2.36 bits per heavy atom. The molecular formula is C28H25N3O5. The normalized spacial score (nSPS) is 11.1. The molecule has 182 valence electrons. The van der Waals surface area contributed by atoms with Crippen molar-refractivity contribution in [2.75, 3.05) is 25.1 Å². The van der Waals surface area contributed by atoms with Crippen LogP contribution in [-0.2, 0) is 9.53 Å². The van der Waals surface area contributed by atoms with Crippen LogP contribution in [-0.4, -0.2) is 32.0 Å². The third-order valence-electron chi connectivity index (χ3n) is 5.62. The fraction of sp³-hybridized carbons (Fsp3) is 0.179. The highest BCUT2D eigenvalue weighted by molar-refractivity contribution is 5.97. The van der Waals surface area contributed by atoms with Crippen LogP contribution >= 0.6 is 0 Å². The molecule has 0 saturated carbocycles. The van der Waals surface area contributed by atoms with Gasteiger partial charge >= 0.3 is 11.6 Å². The van der Waals surface area contributed by atoms with E-state index in [9.17, 15) is 14.4 Å². The van der Waals surface area contributed by atoms with Crippen LogP contribution in [0.3, 0.4) is 0 Å². The Labute approximate surface area is 207 Å². The predicted molar refractivity (Wildman–Crippen MR) is 137 cm³/mol. The zero-order valence-corrected chi connectivity index (χ0v) is 20.0. The van der Waals surface area contributed by atoms with Crippen LogP contribution in [0.2, 0.25) is 0 Å². The predicted octanol–water partition coefficient (Wildman–Crippen LogP) is 5.77. The third kappa shape index (κ3) is 6.29. The smallest absolute Gasteiger partial charge is 0.336 e. The first-order chi connectivity index (χ1) is 17.4. The summed E-state index contributed by atoms with van der Waals surface area (Å²) in [6, 6.07) is 22.9. The van der Waals surface area contributed by atoms with Crippen molar-refractivity contribution in [1.82, 2.24) is 0 Å². The average Bonchev–Trinajstić information content (AvgIpc) is 2.89. The van der Waals surface area contributed by atoms with Gasteiger partial charge in [0.05, 0.1) is 17.8 Å². The summed E-state index contributed by atoms with van der Waals surface area (Å²) >= 11 is 0. The first kappa shape index (κ1) is 24.5. The molecule has 0 unspecified atom stereocenters. The fourth-order valence-corrected chi connectivity index (χ4v) is 3.58. The van der Waals surface area contributed by atoms with Crippen LogP contribution in [0.4, 0.5) is 17.1 Å². The molecule has 0 N–H and O–H groups in total. The van der Waals surface area contributed by atoms with Crippen molar-refractivity contribution < 1.29 is 18.7 Å². The number of carbonyl (C=O) groups is 2. The molecule has 0 spiro atoms. The van der Waals surface area contributed by atoms with Gasteiger partial charge in [-0.25, -0.2) is 4.79 Å². The lowest BCUT2D eigenvalue weighted by atomic mass is 10.1. The number of hydrogen-bond acceptors (Lipinski definition) is 8. The minimum absolute atomic E-state index is 0.150. The second-order valence-corrected chi connectivity index (χ2v) is 8.27. The van der Waals surface area contributed by atoms with Crippen LogP contribution < -0.4 is 10.5 Å². The molecule has 0 aliphatic heterocycles. The van der Waals surface area contributed by atoms with Gasteiger partial charge in [0.15, 0.2) is 12.4 Å². The number of benzene rings is 3. The Balaban J connectivity index is 1.29. The maximum Gasteiger partial charge on any atom is 0.336 e. The van der Waals surface area contributed by atoms with Gasteiger partial charge in [0.25, 0.3) is 0 Å². The Morgan fingerprint density at radius 1 is 0.917 bits per heavy atom. The maximum absolute atomic E-state index is 12.1. The highest BCUT2D eigenvalue weighted by atomic mass is 16.5. The minimum atomic E-state index is -0.432. The lowest BCUT2D eigenvalue weighted by Gasteiger charge is -2.18. The van der Waals surface area contributed by atoms with Crippen molar-refractivity contribution >= 4 is 39.8 Å². The lowest BCUT2D eigenvalue weighted by molar-refractivity contribution is -0.142. The number of Topliss-reactive ketones (excluding diaryl/α,β-unsaturated/α-hetero) is 1. The number of azo groups is 1. The lowest BCUT2D eigenvalue weighted by Crippen LogP contribution is -2.23. The number of hydrogen-bond donors (Lipinski definition) is 0. The molecule has 0 bridgehead atoms. The SMILES string of the molecule is Cc1cc(=O)oc2cc(N=Nc3ccc(N(C)CCC(=O)OCC(=O)c4ccccc4)cc3)ccc12. The molecular weight excluding hydrogens is 458 g/mol. The van der Waals surface area contributed by atoms with Gasteiger partial charge in [-0.1, -0.05) is 30.3 Å². The second kappa shape index (κ2) is 11.2. The zero-order valence-electron chi connectivity index (χ0n) is 20.0. The van der Waals surface area contributed by atoms with Crippen LogP contribution in [0.1, 0.15) is 22.3 Å². The summed E-state index contributed by atoms with van der Waals surface area (Å²) in [5.41, 5.74) is 3.54. The molecule has 36 heavy (non-hydrogen) atoms. The topological polar surface area (TPSA) is 102 Å². The maximum atomic E-state index is 12.1. The number of aryl methyl sites for hydroxylation is 1. The molecule has 8 nitrogen and oxygen atoms in total. The van der Waals surface area contributed by atoms with E-state index in [0.29, 0.717) is 29.1 Å². The van der Waals surface area contributed by atoms with Gasteiger partial charge in [0, 0.05) is 42.4 Å². The number of ether oxygens (including phenoxy) is 1. The standard InChI is InChI=1S/C28H25N3O5/c1-19-16-28(34)36-26-17-22(10-13-24(19)26)30-29-21-8-11-23(12-9-21)31(2)15-14-27(33)35-18-25(32)20-6-4-3-5-7-20/h3-13,16-17H,14-15,18H2,1-2H3. The summed E-state index contributed by atoms with van der Waals surface area (Å²) in [5.74, 6) is -0.664. The first-order valence-corrected chi connectivity index (χ1v) is 11.4. The van der Waals surface area contributed by atoms with Gasteiger partial charge in [-0.05, 0) is 48.9 Å². The molecule has 0 fully saturated rings. The van der Waals surface area contributed by atoms with Crippen LogP contribution in [0.15, 0.2) is 98.3 Å². The Kier molecular flexibility index (Phi) is 7.65. The van der Waals surface area contributed by atoms with Crippen molar-refractivity contribution in [1.29, 1.82) is 0 Å². The summed E-state index contributed by atoms with van der Waals surface area (Å²) in [4.78, 5) is 37.6. The van der Waals surface area contributed by atoms with E-state index in [-0.39, 0.29) is 18.8 Å². The van der Waals surface area contributed by atoms with Gasteiger partial charge in [0.2, 0.25) is 0 Å². The van der Waals surface area contributed by atoms with Crippen LogP contribution in [0.25, 0.3) is 11.0 Å². The largest absolute Gasteiger partial charge is 0.457 e. The molecule has 1 heterocycles. The first-order valence-electron chi connectivity index (χ1n) is 11.4. The molecule has 0 radical (unpaired) electrons. The summed E-state index contributed by atoms with van der Waals surface area (Å²) in [7, 11) is 1.86. The molecule has 0 aliphatic rings. The van der Waals surface area contributed by atoms with Crippen molar-refractivity contribution in [2.24, 2.45) is 10.2 Å². The number of carbonyl (C=O) groups excluding carboxylic acids is 2. The van der Waals surface area contributed by atoms with E-state index < -0.39 is 11.6 Å². The highest BCUT2D eigenvalue weighted by Gasteiger charge is 2.11. The van der Waals surface area contributed by atoms with Crippen molar-refractivity contribution in [3.05, 3.63) is 100 Å². The third-order valence-corrected chi connectivity index (χ3v) is 5.62. The number of rotatable bonds is 9. The molecule has 4 aromatic rings. The summed E-state index contributed by atoms with van der Waals surface area (Å²) in [6.07, 6.45) is 0.150. The van der Waals surface area contributed by atoms with E-state index >= 15 is 0 Å². The van der Waals surface area contributed by atoms with E-state index in [1.165, 1.54) is 6.07 Å². The van der Waals surface area contributed by atoms with E-state index in [2.05, 4.69) is 10.2 Å². The van der Waals surface area contributed by atoms with Crippen LogP contribution in [0.5, 0.6) is 0 Å². The van der Waals surface area contributed by atoms with E-state index in [1.54, 1.807) is 30.3 Å². The van der Waals surface area contributed by atoms with Gasteiger partial charge in [-0.3, -0.25) is 9.59 Å². The Bertz CT molecular complexity index is 1460. The van der Waals surface area contributed by atoms with Crippen molar-refractivity contribution in [3.8, 4) is 0 Å². The molecule has 3 aromatic carbocycles. The second-order valence-electron chi connectivity index (χ2n) is 8.27. The number of esters is 1. The number of nitrogens with zero attached hydrogens (tertiary/aromatic N) is 3. The number of ketones is 1. The fourth-order valence-electron chi connectivity index (χ4n) is 3.58. The van der Waals surface area contributed by atoms with Gasteiger partial charge in [-0.2, -0.15) is 10.2 Å². The minimum Gasteiger partial charge on any atom is -0.457 e. The summed E-state index contributed by atoms with van der Waals surface area (Å²) in [5, 5.41) is 9.34. The monoisotopic (exact) mass is 483 g/mol. The summed E-state index contributed by atoms with van der Waals surface area (Å²) < 4.78 is 10.4. The molecule has 1 aromatic heterocycles. The van der Waals surface area contributed by atoms with Gasteiger partial charge in [-0.15, -0.1) is 0 Å². The van der Waals surface area contributed by atoms with E-state index in [0.717, 1.165) is 16.6 Å². The van der Waals surface area contributed by atoms with Gasteiger partial charge < -0.3 is 14.1 Å². The Hall–Kier alpha value is -4.59. The average molecular weight is 484 g/mol. The molecule has 0 aliphatic carbocycles. The molecule has 0 atom stereocenters. The molecule has 8 heteroatoms. The van der Waals surface area contributed by atoms with Crippen molar-refractivity contribution in [3.63, 3.8) is 0 Å².